The lowest BCUT2D eigenvalue weighted by Crippen LogP contribution is -2.68. The number of carbonyl (C=O) groups is 2. The van der Waals surface area contributed by atoms with Crippen LogP contribution in [0.1, 0.15) is 37.6 Å². The monoisotopic (exact) mass is 454 g/mol. The van der Waals surface area contributed by atoms with E-state index in [9.17, 15) is 9.59 Å². The van der Waals surface area contributed by atoms with Gasteiger partial charge in [0.05, 0.1) is 0 Å². The maximum Gasteiger partial charge on any atom is 0.326 e. The quantitative estimate of drug-likeness (QED) is 0.353. The first-order chi connectivity index (χ1) is 14.4. The number of amides is 1. The van der Waals surface area contributed by atoms with Crippen molar-refractivity contribution in [3.8, 4) is 11.1 Å². The van der Waals surface area contributed by atoms with E-state index in [4.69, 9.17) is 23.7 Å². The molecule has 1 aromatic heterocycles. The predicted molar refractivity (Wildman–Crippen MR) is 101 cm³/mol. The summed E-state index contributed by atoms with van der Waals surface area (Å²) in [6.07, 6.45) is 2.04. The van der Waals surface area contributed by atoms with Gasteiger partial charge in [0.25, 0.3) is 0 Å². The third kappa shape index (κ3) is 10.9. The second-order valence-electron chi connectivity index (χ2n) is 7.01. The highest BCUT2D eigenvalue weighted by atomic mass is 35.7. The molecule has 1 atom stereocenters. The molecule has 0 saturated heterocycles. The number of carboxylic acid groups (broad SMARTS) is 1. The predicted octanol–water partition coefficient (Wildman–Crippen LogP) is -1.74. The first kappa shape index (κ1) is 26.5. The number of aliphatic carboxylic acids is 1. The molecule has 2 N–H and O–H groups in total. The van der Waals surface area contributed by atoms with E-state index in [1.54, 1.807) is 0 Å². The van der Waals surface area contributed by atoms with E-state index in [1.807, 2.05) is 18.2 Å². The molecule has 0 spiro atoms. The molecule has 2 rings (SSSR count). The van der Waals surface area contributed by atoms with E-state index in [1.165, 1.54) is 29.4 Å². The summed E-state index contributed by atoms with van der Waals surface area (Å²) in [6, 6.07) is 13.8. The number of unbranched alkanes of at least 4 members (excludes halogenated alkanes) is 1. The zero-order valence-electron chi connectivity index (χ0n) is 17.7. The molecule has 9 nitrogen and oxygen atoms in total. The molecule has 1 unspecified atom stereocenters. The van der Waals surface area contributed by atoms with Crippen LogP contribution in [0.2, 0.25) is 0 Å². The molecule has 1 amide bonds. The number of benzene rings is 1. The zero-order valence-corrected chi connectivity index (χ0v) is 18.4. The summed E-state index contributed by atoms with van der Waals surface area (Å²) in [5.74, 6) is -1.29. The Morgan fingerprint density at radius 3 is 1.97 bits per heavy atom. The molecule has 1 aromatic carbocycles. The Kier molecular flexibility index (Phi) is 10.5. The highest BCUT2D eigenvalue weighted by molar-refractivity contribution is 5.81. The lowest BCUT2D eigenvalue weighted by molar-refractivity contribution is -2.00. The third-order valence-corrected chi connectivity index (χ3v) is 4.49. The van der Waals surface area contributed by atoms with E-state index >= 15 is 0 Å². The number of aromatic nitrogens is 1. The smallest absolute Gasteiger partial charge is 0.326 e. The Labute approximate surface area is 183 Å². The van der Waals surface area contributed by atoms with Gasteiger partial charge in [0.1, 0.15) is 12.6 Å². The zero-order chi connectivity index (χ0) is 23.6. The summed E-state index contributed by atoms with van der Waals surface area (Å²) < 4.78 is 36.2. The van der Waals surface area contributed by atoms with Crippen LogP contribution in [-0.4, -0.2) is 23.0 Å². The van der Waals surface area contributed by atoms with Crippen LogP contribution in [0.5, 0.6) is 0 Å². The van der Waals surface area contributed by atoms with Crippen LogP contribution in [0.15, 0.2) is 42.5 Å². The molecule has 0 radical (unpaired) electrons. The number of rotatable bonds is 8. The number of hydrogen-bond donors (Lipinski definition) is 2. The van der Waals surface area contributed by atoms with Crippen LogP contribution in [0.3, 0.4) is 0 Å². The first-order valence-corrected chi connectivity index (χ1v) is 10.8. The van der Waals surface area contributed by atoms with Gasteiger partial charge in [0.2, 0.25) is 5.91 Å². The van der Waals surface area contributed by atoms with Crippen molar-refractivity contribution in [3.63, 3.8) is 0 Å². The summed E-state index contributed by atoms with van der Waals surface area (Å²) in [7, 11) is -4.94. The molecule has 1 heterocycles. The van der Waals surface area contributed by atoms with Crippen LogP contribution < -0.4 is 28.5 Å². The van der Waals surface area contributed by atoms with Crippen LogP contribution in [-0.2, 0) is 16.1 Å². The summed E-state index contributed by atoms with van der Waals surface area (Å²) in [4.78, 5) is 22.2. The number of nitrogens with zero attached hydrogens (tertiary/aromatic N) is 1. The van der Waals surface area contributed by atoms with Gasteiger partial charge < -0.3 is 10.4 Å². The fourth-order valence-corrected chi connectivity index (χ4v) is 3.20. The number of pyridine rings is 1. The molecule has 0 aliphatic carbocycles. The van der Waals surface area contributed by atoms with Crippen molar-refractivity contribution in [1.29, 1.82) is 0 Å². The van der Waals surface area contributed by atoms with Crippen LogP contribution in [0.25, 0.3) is 11.1 Å². The van der Waals surface area contributed by atoms with Gasteiger partial charge in [-0.25, -0.2) is 28.0 Å². The van der Waals surface area contributed by atoms with E-state index < -0.39 is 22.3 Å². The Morgan fingerprint density at radius 2 is 1.52 bits per heavy atom. The molecule has 2 aromatic rings. The molecule has 0 saturated carbocycles. The van der Waals surface area contributed by atoms with Gasteiger partial charge >= 0.3 is 5.97 Å². The van der Waals surface area contributed by atoms with Gasteiger partial charge in [-0.15, -0.1) is 10.2 Å². The minimum atomic E-state index is -4.94. The fraction of sp³-hybridized carbons (Fsp3) is 0.381. The summed E-state index contributed by atoms with van der Waals surface area (Å²) in [5.41, 5.74) is 4.76. The second-order valence-corrected chi connectivity index (χ2v) is 7.77. The molecule has 0 bridgehead atoms. The van der Waals surface area contributed by atoms with Gasteiger partial charge in [0.15, 0.2) is 11.4 Å². The lowest BCUT2D eigenvalue weighted by atomic mass is 10.0. The summed E-state index contributed by atoms with van der Waals surface area (Å²) >= 11 is 0. The number of carboxylic acids is 1. The molecule has 170 valence electrons. The molecule has 0 aliphatic heterocycles. The lowest BCUT2D eigenvalue weighted by Gasteiger charge is -2.17. The molecule has 10 heteroatoms. The van der Waals surface area contributed by atoms with Gasteiger partial charge in [-0.05, 0) is 24.0 Å². The number of aryl methyl sites for hydroxylation is 2. The Morgan fingerprint density at radius 1 is 1.00 bits per heavy atom. The molecular weight excluding hydrogens is 428 g/mol. The number of nitrogens with one attached hydrogen (secondary N) is 1. The van der Waals surface area contributed by atoms with Crippen molar-refractivity contribution in [2.45, 2.75) is 52.6 Å². The Bertz CT molecular complexity index is 841. The Balaban J connectivity index is 0.000000861. The van der Waals surface area contributed by atoms with Gasteiger partial charge in [-0.2, -0.15) is 0 Å². The maximum atomic E-state index is 11.2. The van der Waals surface area contributed by atoms with E-state index in [0.717, 1.165) is 19.4 Å². The molecule has 0 fully saturated rings. The minimum Gasteiger partial charge on any atom is -0.480 e. The first-order valence-electron chi connectivity index (χ1n) is 9.56. The van der Waals surface area contributed by atoms with Gasteiger partial charge in [-0.3, -0.25) is 4.79 Å². The second kappa shape index (κ2) is 12.3. The van der Waals surface area contributed by atoms with Crippen molar-refractivity contribution in [2.75, 3.05) is 0 Å². The Hall–Kier alpha value is -2.56. The van der Waals surface area contributed by atoms with Crippen molar-refractivity contribution in [2.24, 2.45) is 0 Å². The number of hydrogen-bond acceptors (Lipinski definition) is 6. The van der Waals surface area contributed by atoms with Gasteiger partial charge in [0, 0.05) is 39.3 Å². The van der Waals surface area contributed by atoms with Crippen molar-refractivity contribution >= 4 is 11.9 Å². The van der Waals surface area contributed by atoms with E-state index in [0.29, 0.717) is 6.42 Å². The van der Waals surface area contributed by atoms with Crippen molar-refractivity contribution in [1.82, 2.24) is 5.32 Å². The summed E-state index contributed by atoms with van der Waals surface area (Å²) in [6.45, 7) is 6.36. The van der Waals surface area contributed by atoms with Gasteiger partial charge in [-0.1, -0.05) is 30.3 Å². The highest BCUT2D eigenvalue weighted by Gasteiger charge is 2.19. The van der Waals surface area contributed by atoms with E-state index in [-0.39, 0.29) is 5.91 Å². The average Bonchev–Trinajstić information content (AvgIpc) is 2.64. The molecular formula is C21H27ClN2O7. The van der Waals surface area contributed by atoms with Crippen LogP contribution >= 0.6 is 0 Å². The van der Waals surface area contributed by atoms with Crippen LogP contribution in [0.4, 0.5) is 0 Å². The molecule has 0 aliphatic rings. The van der Waals surface area contributed by atoms with Crippen molar-refractivity contribution < 1.29 is 48.1 Å². The highest BCUT2D eigenvalue weighted by Crippen LogP contribution is 2.19. The minimum absolute atomic E-state index is 0.310. The largest absolute Gasteiger partial charge is 0.480 e. The maximum absolute atomic E-state index is 11.2. The fourth-order valence-electron chi connectivity index (χ4n) is 3.20. The average molecular weight is 455 g/mol. The number of carbonyl (C=O) groups excluding carboxylic acids is 1. The third-order valence-electron chi connectivity index (χ3n) is 4.49. The van der Waals surface area contributed by atoms with Crippen molar-refractivity contribution in [3.05, 3.63) is 53.9 Å². The molecule has 31 heavy (non-hydrogen) atoms. The summed E-state index contributed by atoms with van der Waals surface area (Å²) in [5, 5.41) is 11.6. The SMILES string of the molecule is CC(=O)NC(CCCC[n+]1c(C)cc(-c2ccccc2)cc1C)C(=O)O.[O-][Cl+3]([O-])([O-])[O-]. The normalized spacial score (nSPS) is 11.8. The number of halogens is 1. The van der Waals surface area contributed by atoms with E-state index in [2.05, 4.69) is 48.0 Å². The topological polar surface area (TPSA) is 163 Å². The standard InChI is InChI=1S/C21H26N2O3.ClHO4/c1-15-13-19(18-9-5-4-6-10-18)14-16(2)23(15)12-8-7-11-20(21(25)26)22-17(3)24;2-1(3,4)5/h4-6,9-10,13-14,20H,7-8,11-12H2,1-3H3,(H-,22,24,25,26);(H,2,3,4,5). The van der Waals surface area contributed by atoms with Crippen LogP contribution in [0, 0.1) is 24.1 Å².